The van der Waals surface area contributed by atoms with Crippen molar-refractivity contribution in [2.24, 2.45) is 5.41 Å². The summed E-state index contributed by atoms with van der Waals surface area (Å²) in [6.45, 7) is 14.3. The van der Waals surface area contributed by atoms with Crippen molar-refractivity contribution in [2.45, 2.75) is 72.3 Å². The highest BCUT2D eigenvalue weighted by molar-refractivity contribution is 5.25. The van der Waals surface area contributed by atoms with E-state index in [4.69, 9.17) is 0 Å². The molecule has 0 unspecified atom stereocenters. The van der Waals surface area contributed by atoms with Crippen LogP contribution >= 0.6 is 0 Å². The Kier molecular flexibility index (Phi) is 5.14. The second kappa shape index (κ2) is 6.52. The van der Waals surface area contributed by atoms with Crippen LogP contribution in [0.15, 0.2) is 24.3 Å². The molecule has 1 aliphatic rings. The van der Waals surface area contributed by atoms with Crippen molar-refractivity contribution in [1.82, 2.24) is 4.90 Å². The number of hydrogen-bond donors (Lipinski definition) is 0. The maximum absolute atomic E-state index is 2.69. The van der Waals surface area contributed by atoms with Crippen LogP contribution < -0.4 is 0 Å². The lowest BCUT2D eigenvalue weighted by molar-refractivity contribution is 0.0956. The lowest BCUT2D eigenvalue weighted by Gasteiger charge is -2.41. The third kappa shape index (κ3) is 5.14. The first kappa shape index (κ1) is 16.5. The van der Waals surface area contributed by atoms with E-state index in [2.05, 4.69) is 63.8 Å². The molecular formula is C20H33N. The van der Waals surface area contributed by atoms with Crippen molar-refractivity contribution in [3.05, 3.63) is 35.4 Å². The molecule has 21 heavy (non-hydrogen) atoms. The van der Waals surface area contributed by atoms with Crippen LogP contribution in [-0.4, -0.2) is 23.5 Å². The highest BCUT2D eigenvalue weighted by atomic mass is 15.2. The van der Waals surface area contributed by atoms with Gasteiger partial charge >= 0.3 is 0 Å². The molecule has 0 spiro atoms. The van der Waals surface area contributed by atoms with E-state index in [-0.39, 0.29) is 5.54 Å². The Morgan fingerprint density at radius 1 is 0.857 bits per heavy atom. The van der Waals surface area contributed by atoms with Gasteiger partial charge in [0.1, 0.15) is 0 Å². The summed E-state index contributed by atoms with van der Waals surface area (Å²) in [4.78, 5) is 2.69. The van der Waals surface area contributed by atoms with Gasteiger partial charge in [0, 0.05) is 5.54 Å². The Bertz CT molecular complexity index is 447. The summed E-state index contributed by atoms with van der Waals surface area (Å²) >= 11 is 0. The molecule has 1 fully saturated rings. The van der Waals surface area contributed by atoms with E-state index in [1.165, 1.54) is 43.5 Å². The maximum Gasteiger partial charge on any atom is 0.0193 e. The highest BCUT2D eigenvalue weighted by Gasteiger charge is 2.28. The van der Waals surface area contributed by atoms with Gasteiger partial charge in [0.15, 0.2) is 0 Å². The summed E-state index contributed by atoms with van der Waals surface area (Å²) in [6.07, 6.45) is 6.46. The maximum atomic E-state index is 2.69. The van der Waals surface area contributed by atoms with Crippen molar-refractivity contribution in [1.29, 1.82) is 0 Å². The van der Waals surface area contributed by atoms with Crippen LogP contribution in [0.5, 0.6) is 0 Å². The standard InChI is InChI=1S/C20H33N/c1-19(2,3)15-17-10-9-11-18(14-17)16-20(4,5)21-12-7-6-8-13-21/h9-11,14H,6-8,12-13,15-16H2,1-5H3. The number of hydrogen-bond acceptors (Lipinski definition) is 1. The Balaban J connectivity index is 2.06. The molecule has 0 radical (unpaired) electrons. The molecule has 1 aromatic rings. The van der Waals surface area contributed by atoms with Gasteiger partial charge in [0.25, 0.3) is 0 Å². The van der Waals surface area contributed by atoms with E-state index in [0.29, 0.717) is 5.41 Å². The number of benzene rings is 1. The Labute approximate surface area is 131 Å². The molecule has 1 aliphatic heterocycles. The predicted octanol–water partition coefficient (Wildman–Crippen LogP) is 5.08. The van der Waals surface area contributed by atoms with Gasteiger partial charge in [-0.05, 0) is 69.2 Å². The molecule has 0 saturated carbocycles. The molecule has 118 valence electrons. The first-order valence-corrected chi connectivity index (χ1v) is 8.59. The topological polar surface area (TPSA) is 3.24 Å². The minimum Gasteiger partial charge on any atom is -0.298 e. The third-order valence-corrected chi connectivity index (χ3v) is 4.57. The summed E-state index contributed by atoms with van der Waals surface area (Å²) in [5.41, 5.74) is 3.61. The van der Waals surface area contributed by atoms with Crippen molar-refractivity contribution in [3.63, 3.8) is 0 Å². The van der Waals surface area contributed by atoms with Gasteiger partial charge in [0.05, 0.1) is 0 Å². The molecule has 1 heterocycles. The largest absolute Gasteiger partial charge is 0.298 e. The average Bonchev–Trinajstić information content (AvgIpc) is 2.37. The minimum absolute atomic E-state index is 0.279. The molecule has 0 amide bonds. The van der Waals surface area contributed by atoms with E-state index < -0.39 is 0 Å². The van der Waals surface area contributed by atoms with Crippen molar-refractivity contribution in [2.75, 3.05) is 13.1 Å². The first-order valence-electron chi connectivity index (χ1n) is 8.59. The van der Waals surface area contributed by atoms with E-state index >= 15 is 0 Å². The van der Waals surface area contributed by atoms with Gasteiger partial charge in [-0.2, -0.15) is 0 Å². The van der Waals surface area contributed by atoms with Crippen molar-refractivity contribution in [3.8, 4) is 0 Å². The summed E-state index contributed by atoms with van der Waals surface area (Å²) in [6, 6.07) is 9.25. The molecule has 0 aliphatic carbocycles. The monoisotopic (exact) mass is 287 g/mol. The van der Waals surface area contributed by atoms with E-state index in [9.17, 15) is 0 Å². The van der Waals surface area contributed by atoms with E-state index in [1.807, 2.05) is 0 Å². The Morgan fingerprint density at radius 3 is 2.00 bits per heavy atom. The summed E-state index contributed by atoms with van der Waals surface area (Å²) in [5.74, 6) is 0. The van der Waals surface area contributed by atoms with Crippen LogP contribution in [0.25, 0.3) is 0 Å². The molecule has 1 aromatic carbocycles. The molecule has 1 heteroatoms. The van der Waals surface area contributed by atoms with Crippen LogP contribution in [0, 0.1) is 5.41 Å². The van der Waals surface area contributed by atoms with Gasteiger partial charge in [-0.3, -0.25) is 4.90 Å². The lowest BCUT2D eigenvalue weighted by Crippen LogP contribution is -2.48. The number of piperidine rings is 1. The SMILES string of the molecule is CC(C)(C)Cc1cccc(CC(C)(C)N2CCCCC2)c1. The number of likely N-dealkylation sites (tertiary alicyclic amines) is 1. The summed E-state index contributed by atoms with van der Waals surface area (Å²) in [5, 5.41) is 0. The molecule has 1 nitrogen and oxygen atoms in total. The van der Waals surface area contributed by atoms with Crippen LogP contribution in [0.4, 0.5) is 0 Å². The zero-order valence-corrected chi connectivity index (χ0v) is 14.7. The van der Waals surface area contributed by atoms with Crippen molar-refractivity contribution < 1.29 is 0 Å². The second-order valence-electron chi connectivity index (χ2n) is 8.59. The molecule has 0 aromatic heterocycles. The molecular weight excluding hydrogens is 254 g/mol. The van der Waals surface area contributed by atoms with Crippen LogP contribution in [0.1, 0.15) is 65.0 Å². The van der Waals surface area contributed by atoms with Crippen molar-refractivity contribution >= 4 is 0 Å². The second-order valence-corrected chi connectivity index (χ2v) is 8.59. The van der Waals surface area contributed by atoms with Crippen LogP contribution in [0.3, 0.4) is 0 Å². The Morgan fingerprint density at radius 2 is 1.43 bits per heavy atom. The Hall–Kier alpha value is -0.820. The quantitative estimate of drug-likeness (QED) is 0.746. The van der Waals surface area contributed by atoms with E-state index in [0.717, 1.165) is 12.8 Å². The number of nitrogens with zero attached hydrogens (tertiary/aromatic N) is 1. The fourth-order valence-electron chi connectivity index (χ4n) is 3.57. The van der Waals surface area contributed by atoms with Gasteiger partial charge in [-0.15, -0.1) is 0 Å². The van der Waals surface area contributed by atoms with Crippen LogP contribution in [0.2, 0.25) is 0 Å². The average molecular weight is 287 g/mol. The van der Waals surface area contributed by atoms with Gasteiger partial charge in [-0.25, -0.2) is 0 Å². The zero-order valence-electron chi connectivity index (χ0n) is 14.7. The summed E-state index contributed by atoms with van der Waals surface area (Å²) in [7, 11) is 0. The summed E-state index contributed by atoms with van der Waals surface area (Å²) < 4.78 is 0. The predicted molar refractivity (Wildman–Crippen MR) is 92.8 cm³/mol. The van der Waals surface area contributed by atoms with Gasteiger partial charge < -0.3 is 0 Å². The first-order chi connectivity index (χ1) is 9.76. The molecule has 2 rings (SSSR count). The molecule has 1 saturated heterocycles. The lowest BCUT2D eigenvalue weighted by atomic mass is 9.86. The van der Waals surface area contributed by atoms with Gasteiger partial charge in [-0.1, -0.05) is 51.5 Å². The normalized spacial score (nSPS) is 18.0. The van der Waals surface area contributed by atoms with Crippen LogP contribution in [-0.2, 0) is 12.8 Å². The fourth-order valence-corrected chi connectivity index (χ4v) is 3.57. The molecule has 0 atom stereocenters. The minimum atomic E-state index is 0.279. The third-order valence-electron chi connectivity index (χ3n) is 4.57. The zero-order chi connectivity index (χ0) is 15.5. The van der Waals surface area contributed by atoms with Gasteiger partial charge in [0.2, 0.25) is 0 Å². The molecule has 0 bridgehead atoms. The number of rotatable bonds is 4. The fraction of sp³-hybridized carbons (Fsp3) is 0.700. The highest BCUT2D eigenvalue weighted by Crippen LogP contribution is 2.26. The van der Waals surface area contributed by atoms with E-state index in [1.54, 1.807) is 0 Å². The molecule has 0 N–H and O–H groups in total. The smallest absolute Gasteiger partial charge is 0.0193 e.